The van der Waals surface area contributed by atoms with Crippen LogP contribution in [0, 0.1) is 0 Å². The third-order valence-corrected chi connectivity index (χ3v) is 5.60. The van der Waals surface area contributed by atoms with Gasteiger partial charge in [0.1, 0.15) is 5.75 Å². The summed E-state index contributed by atoms with van der Waals surface area (Å²) < 4.78 is 11.0. The van der Waals surface area contributed by atoms with Crippen molar-refractivity contribution in [2.75, 3.05) is 27.4 Å². The minimum Gasteiger partial charge on any atom is -0.496 e. The van der Waals surface area contributed by atoms with Gasteiger partial charge in [0.15, 0.2) is 0 Å². The van der Waals surface area contributed by atoms with Crippen molar-refractivity contribution in [2.45, 2.75) is 24.8 Å². The van der Waals surface area contributed by atoms with Crippen LogP contribution >= 0.6 is 23.2 Å². The number of hydrogen-bond acceptors (Lipinski definition) is 3. The van der Waals surface area contributed by atoms with Gasteiger partial charge < -0.3 is 14.4 Å². The maximum Gasteiger partial charge on any atom is 0.233 e. The van der Waals surface area contributed by atoms with Gasteiger partial charge in [-0.05, 0) is 48.7 Å². The molecule has 0 radical (unpaired) electrons. The molecule has 0 aromatic heterocycles. The van der Waals surface area contributed by atoms with Gasteiger partial charge in [-0.25, -0.2) is 0 Å². The number of carbonyl (C=O) groups is 1. The highest BCUT2D eigenvalue weighted by atomic mass is 35.5. The average molecular weight is 408 g/mol. The largest absolute Gasteiger partial charge is 0.496 e. The molecular formula is C21H23Cl2NO3. The van der Waals surface area contributed by atoms with Gasteiger partial charge in [0.25, 0.3) is 0 Å². The second kappa shape index (κ2) is 8.51. The van der Waals surface area contributed by atoms with Crippen LogP contribution in [-0.4, -0.2) is 38.2 Å². The van der Waals surface area contributed by atoms with E-state index in [4.69, 9.17) is 32.7 Å². The summed E-state index contributed by atoms with van der Waals surface area (Å²) in [6.07, 6.45) is 1.26. The van der Waals surface area contributed by atoms with E-state index in [-0.39, 0.29) is 5.91 Å². The first-order chi connectivity index (χ1) is 13.0. The highest BCUT2D eigenvalue weighted by Crippen LogP contribution is 2.38. The topological polar surface area (TPSA) is 38.8 Å². The van der Waals surface area contributed by atoms with E-state index in [1.165, 1.54) is 0 Å². The number of likely N-dealkylation sites (N-methyl/N-ethyl adjacent to an activating group) is 1. The number of halogens is 2. The number of methoxy groups -OCH3 is 1. The molecule has 1 aliphatic rings. The molecule has 6 heteroatoms. The quantitative estimate of drug-likeness (QED) is 0.720. The molecule has 1 amide bonds. The fourth-order valence-electron chi connectivity index (χ4n) is 3.70. The van der Waals surface area contributed by atoms with E-state index in [2.05, 4.69) is 0 Å². The van der Waals surface area contributed by atoms with Crippen LogP contribution in [-0.2, 0) is 21.5 Å². The lowest BCUT2D eigenvalue weighted by molar-refractivity contribution is -0.140. The van der Waals surface area contributed by atoms with E-state index in [1.807, 2.05) is 43.4 Å². The molecule has 1 saturated heterocycles. The monoisotopic (exact) mass is 407 g/mol. The van der Waals surface area contributed by atoms with Crippen molar-refractivity contribution in [1.29, 1.82) is 0 Å². The maximum atomic E-state index is 13.6. The molecule has 144 valence electrons. The molecule has 0 saturated carbocycles. The van der Waals surface area contributed by atoms with Crippen molar-refractivity contribution < 1.29 is 14.3 Å². The van der Waals surface area contributed by atoms with Gasteiger partial charge >= 0.3 is 0 Å². The van der Waals surface area contributed by atoms with Gasteiger partial charge in [-0.3, -0.25) is 4.79 Å². The van der Waals surface area contributed by atoms with Gasteiger partial charge in [0, 0.05) is 42.4 Å². The van der Waals surface area contributed by atoms with E-state index >= 15 is 0 Å². The predicted molar refractivity (Wildman–Crippen MR) is 108 cm³/mol. The lowest BCUT2D eigenvalue weighted by atomic mass is 9.73. The first kappa shape index (κ1) is 20.0. The average Bonchev–Trinajstić information content (AvgIpc) is 2.68. The van der Waals surface area contributed by atoms with Crippen LogP contribution < -0.4 is 4.74 Å². The normalized spacial score (nSPS) is 16.0. The fraction of sp³-hybridized carbons (Fsp3) is 0.381. The van der Waals surface area contributed by atoms with Crippen LogP contribution in [0.3, 0.4) is 0 Å². The van der Waals surface area contributed by atoms with Gasteiger partial charge in [-0.1, -0.05) is 35.3 Å². The first-order valence-electron chi connectivity index (χ1n) is 8.88. The second-order valence-corrected chi connectivity index (χ2v) is 7.70. The number of amides is 1. The zero-order valence-electron chi connectivity index (χ0n) is 15.5. The predicted octanol–water partition coefficient (Wildman–Crippen LogP) is 4.71. The molecule has 1 aliphatic heterocycles. The highest BCUT2D eigenvalue weighted by Gasteiger charge is 2.43. The van der Waals surface area contributed by atoms with Crippen molar-refractivity contribution in [1.82, 2.24) is 4.90 Å². The molecule has 1 fully saturated rings. The molecular weight excluding hydrogens is 385 g/mol. The van der Waals surface area contributed by atoms with Crippen molar-refractivity contribution in [3.63, 3.8) is 0 Å². The zero-order valence-corrected chi connectivity index (χ0v) is 17.0. The molecule has 0 unspecified atom stereocenters. The minimum atomic E-state index is -0.635. The van der Waals surface area contributed by atoms with Crippen LogP contribution in [0.4, 0.5) is 0 Å². The van der Waals surface area contributed by atoms with Crippen molar-refractivity contribution >= 4 is 29.1 Å². The molecule has 0 N–H and O–H groups in total. The molecule has 2 aromatic rings. The summed E-state index contributed by atoms with van der Waals surface area (Å²) in [6, 6.07) is 13.0. The Morgan fingerprint density at radius 3 is 2.52 bits per heavy atom. The molecule has 0 bridgehead atoms. The Hall–Kier alpha value is -1.75. The van der Waals surface area contributed by atoms with Gasteiger partial charge in [0.2, 0.25) is 5.91 Å². The lowest BCUT2D eigenvalue weighted by Crippen LogP contribution is -2.48. The first-order valence-corrected chi connectivity index (χ1v) is 9.63. The summed E-state index contributed by atoms with van der Waals surface area (Å²) >= 11 is 12.3. The minimum absolute atomic E-state index is 0.0510. The van der Waals surface area contributed by atoms with Crippen LogP contribution in [0.15, 0.2) is 42.5 Å². The molecule has 0 aliphatic carbocycles. The molecule has 2 aromatic carbocycles. The highest BCUT2D eigenvalue weighted by molar-refractivity contribution is 6.31. The Bertz CT molecular complexity index is 819. The third kappa shape index (κ3) is 4.23. The van der Waals surface area contributed by atoms with Crippen molar-refractivity contribution in [3.05, 3.63) is 63.6 Å². The molecule has 0 spiro atoms. The van der Waals surface area contributed by atoms with Crippen LogP contribution in [0.2, 0.25) is 10.0 Å². The van der Waals surface area contributed by atoms with E-state index < -0.39 is 5.41 Å². The molecule has 1 heterocycles. The van der Waals surface area contributed by atoms with Gasteiger partial charge in [-0.2, -0.15) is 0 Å². The lowest BCUT2D eigenvalue weighted by Gasteiger charge is -2.39. The summed E-state index contributed by atoms with van der Waals surface area (Å²) in [4.78, 5) is 15.3. The Morgan fingerprint density at radius 2 is 1.85 bits per heavy atom. The molecule has 27 heavy (non-hydrogen) atoms. The summed E-state index contributed by atoms with van der Waals surface area (Å²) in [5.41, 5.74) is 1.17. The van der Waals surface area contributed by atoms with Crippen molar-refractivity contribution in [2.24, 2.45) is 0 Å². The number of benzene rings is 2. The van der Waals surface area contributed by atoms with Gasteiger partial charge in [0.05, 0.1) is 12.5 Å². The van der Waals surface area contributed by atoms with Crippen LogP contribution in [0.25, 0.3) is 0 Å². The van der Waals surface area contributed by atoms with E-state index in [9.17, 15) is 4.79 Å². The van der Waals surface area contributed by atoms with E-state index in [0.29, 0.717) is 48.4 Å². The number of ether oxygens (including phenoxy) is 2. The van der Waals surface area contributed by atoms with Gasteiger partial charge in [-0.15, -0.1) is 0 Å². The fourth-order valence-corrected chi connectivity index (χ4v) is 4.08. The zero-order chi connectivity index (χ0) is 19.4. The Kier molecular flexibility index (Phi) is 6.30. The number of carbonyl (C=O) groups excluding carboxylic acids is 1. The van der Waals surface area contributed by atoms with Crippen LogP contribution in [0.1, 0.15) is 24.0 Å². The summed E-state index contributed by atoms with van der Waals surface area (Å²) in [5, 5.41) is 1.24. The van der Waals surface area contributed by atoms with Crippen LogP contribution in [0.5, 0.6) is 5.75 Å². The summed E-state index contributed by atoms with van der Waals surface area (Å²) in [7, 11) is 3.42. The number of nitrogens with zero attached hydrogens (tertiary/aromatic N) is 1. The summed E-state index contributed by atoms with van der Waals surface area (Å²) in [5.74, 6) is 0.762. The molecule has 3 rings (SSSR count). The van der Waals surface area contributed by atoms with E-state index in [1.54, 1.807) is 18.1 Å². The Balaban J connectivity index is 1.91. The molecule has 4 nitrogen and oxygen atoms in total. The smallest absolute Gasteiger partial charge is 0.233 e. The maximum absolute atomic E-state index is 13.6. The number of rotatable bonds is 5. The SMILES string of the molecule is COc1ccc(Cl)cc1CN(C)C(=O)C1(c2cccc(Cl)c2)CCOCC1. The Labute approximate surface area is 170 Å². The molecule has 0 atom stereocenters. The number of hydrogen-bond donors (Lipinski definition) is 0. The third-order valence-electron chi connectivity index (χ3n) is 5.13. The standard InChI is InChI=1S/C21H23Cl2NO3/c1-24(14-15-12-18(23)6-7-19(15)26-2)20(25)21(8-10-27-11-9-21)16-4-3-5-17(22)13-16/h3-7,12-13H,8-11,14H2,1-2H3. The summed E-state index contributed by atoms with van der Waals surface area (Å²) in [6.45, 7) is 1.50. The second-order valence-electron chi connectivity index (χ2n) is 6.82. The van der Waals surface area contributed by atoms with Crippen molar-refractivity contribution in [3.8, 4) is 5.75 Å². The van der Waals surface area contributed by atoms with E-state index in [0.717, 1.165) is 11.1 Å². The Morgan fingerprint density at radius 1 is 1.15 bits per heavy atom.